The Labute approximate surface area is 512 Å². The number of rotatable bonds is 7. The standard InChI is InChI=1S/C75H93NO10/c1-71(2,3)57-37-47-32-49-39-58(72(4,5)6)41-51-34-53-43-60(74(10,11)12)45-55-36-56-46-61(75(13,14)15)44-54(68(56)86-31-26-81-25-30-85-67(53)55)35-52-42-59(73(7,8)9)40-50(66(52)84-29-24-80-23-28-83-65(49)51)33-48(38-57)64(47)82-27-22-79-21-20-76-69(77)62-18-16-17-19-63(62)70(76)78/h16-19,37-46H,20-36H2,1-15H3. The highest BCUT2D eigenvalue weighted by Crippen LogP contribution is 2.46. The van der Waals surface area contributed by atoms with Crippen LogP contribution < -0.4 is 23.7 Å². The lowest BCUT2D eigenvalue weighted by Crippen LogP contribution is -2.33. The van der Waals surface area contributed by atoms with Gasteiger partial charge in [-0.1, -0.05) is 177 Å². The zero-order valence-electron chi connectivity index (χ0n) is 54.1. The largest absolute Gasteiger partial charge is 0.491 e. The molecule has 0 spiro atoms. The van der Waals surface area contributed by atoms with Gasteiger partial charge in [-0.15, -0.1) is 0 Å². The summed E-state index contributed by atoms with van der Waals surface area (Å²) in [5.41, 5.74) is 16.3. The molecule has 0 saturated heterocycles. The molecule has 0 N–H and O–H groups in total. The van der Waals surface area contributed by atoms with Gasteiger partial charge >= 0.3 is 0 Å². The van der Waals surface area contributed by atoms with Crippen molar-refractivity contribution in [2.24, 2.45) is 0 Å². The number of hydrogen-bond acceptors (Lipinski definition) is 10. The molecule has 0 radical (unpaired) electrons. The highest BCUT2D eigenvalue weighted by Gasteiger charge is 2.35. The fourth-order valence-corrected chi connectivity index (χ4v) is 12.1. The molecule has 6 aromatic carbocycles. The van der Waals surface area contributed by atoms with Crippen molar-refractivity contribution in [1.82, 2.24) is 4.90 Å². The van der Waals surface area contributed by atoms with Crippen LogP contribution in [0.2, 0.25) is 0 Å². The normalized spacial score (nSPS) is 16.2. The fraction of sp³-hybridized carbons (Fsp3) is 0.493. The van der Waals surface area contributed by atoms with Gasteiger partial charge < -0.3 is 37.9 Å². The molecule has 11 rings (SSSR count). The van der Waals surface area contributed by atoms with E-state index >= 15 is 0 Å². The first-order chi connectivity index (χ1) is 40.6. The fourth-order valence-electron chi connectivity index (χ4n) is 12.1. The summed E-state index contributed by atoms with van der Waals surface area (Å²) < 4.78 is 54.8. The van der Waals surface area contributed by atoms with Crippen LogP contribution in [-0.2, 0) is 73.4 Å². The number of benzene rings is 6. The maximum Gasteiger partial charge on any atom is 0.261 e. The Morgan fingerprint density at radius 1 is 0.360 bits per heavy atom. The SMILES string of the molecule is CC(C)(C)c1cc2c3c(c1)Cc1cc(C(C)(C)C)cc4c1OCCOCCOc1c(cc(C(C)(C)C)cc1Cc1cc(C(C)(C)C)cc(c1OCCOCCN1C(=O)c5ccccc5C1=O)C4)Cc1cc(C(C)(C)C)cc(c1OCCOCCO3)C2. The highest BCUT2D eigenvalue weighted by molar-refractivity contribution is 6.21. The van der Waals surface area contributed by atoms with Crippen LogP contribution in [0, 0.1) is 0 Å². The van der Waals surface area contributed by atoms with E-state index in [1.54, 1.807) is 24.3 Å². The highest BCUT2D eigenvalue weighted by atomic mass is 16.6. The minimum absolute atomic E-state index is 0.137. The third-order valence-corrected chi connectivity index (χ3v) is 17.2. The Hall–Kier alpha value is -6.66. The van der Waals surface area contributed by atoms with Gasteiger partial charge in [0, 0.05) is 32.1 Å². The molecular formula is C75H93NO10. The molecule has 6 aromatic rings. The van der Waals surface area contributed by atoms with E-state index in [9.17, 15) is 9.59 Å². The van der Waals surface area contributed by atoms with Crippen molar-refractivity contribution in [1.29, 1.82) is 0 Å². The van der Waals surface area contributed by atoms with Crippen molar-refractivity contribution < 1.29 is 47.5 Å². The van der Waals surface area contributed by atoms with E-state index in [-0.39, 0.29) is 65.3 Å². The van der Waals surface area contributed by atoms with E-state index in [4.69, 9.17) is 37.9 Å². The average molecular weight is 1170 g/mol. The van der Waals surface area contributed by atoms with E-state index < -0.39 is 0 Å². The monoisotopic (exact) mass is 1170 g/mol. The zero-order valence-corrected chi connectivity index (χ0v) is 54.1. The van der Waals surface area contributed by atoms with Crippen LogP contribution >= 0.6 is 0 Å². The van der Waals surface area contributed by atoms with Crippen molar-refractivity contribution in [2.45, 2.75) is 163 Å². The molecule has 0 fully saturated rings. The van der Waals surface area contributed by atoms with Gasteiger partial charge in [-0.05, 0) is 123 Å². The lowest BCUT2D eigenvalue weighted by Gasteiger charge is -2.29. The predicted molar refractivity (Wildman–Crippen MR) is 341 cm³/mol. The average Bonchev–Trinajstić information content (AvgIpc) is 1.18. The van der Waals surface area contributed by atoms with Gasteiger partial charge in [-0.3, -0.25) is 14.5 Å². The van der Waals surface area contributed by atoms with Crippen LogP contribution in [0.25, 0.3) is 0 Å². The molecule has 5 aliphatic rings. The number of imide groups is 1. The van der Waals surface area contributed by atoms with E-state index in [0.717, 1.165) is 84.4 Å². The lowest BCUT2D eigenvalue weighted by atomic mass is 9.79. The summed E-state index contributed by atoms with van der Waals surface area (Å²) in [5, 5.41) is 0. The van der Waals surface area contributed by atoms with Gasteiger partial charge in [0.15, 0.2) is 0 Å². The molecule has 86 heavy (non-hydrogen) atoms. The lowest BCUT2D eigenvalue weighted by molar-refractivity contribution is 0.0526. The molecule has 1 aliphatic carbocycles. The summed E-state index contributed by atoms with van der Waals surface area (Å²) in [6.07, 6.45) is 2.66. The number of nitrogens with zero attached hydrogens (tertiary/aromatic N) is 1. The maximum absolute atomic E-state index is 13.3. The third kappa shape index (κ3) is 14.0. The molecular weight excluding hydrogens is 1070 g/mol. The van der Waals surface area contributed by atoms with Gasteiger partial charge in [0.2, 0.25) is 0 Å². The molecule has 14 bridgehead atoms. The Bertz CT molecular complexity index is 3290. The Morgan fingerprint density at radius 3 is 0.907 bits per heavy atom. The summed E-state index contributed by atoms with van der Waals surface area (Å²) in [7, 11) is 0. The zero-order chi connectivity index (χ0) is 61.5. The van der Waals surface area contributed by atoms with E-state index in [1.165, 1.54) is 32.7 Å². The molecule has 4 aliphatic heterocycles. The van der Waals surface area contributed by atoms with Crippen LogP contribution in [0.5, 0.6) is 28.7 Å². The number of carbonyl (C=O) groups excluding carboxylic acids is 2. The summed E-state index contributed by atoms with van der Waals surface area (Å²) >= 11 is 0. The predicted octanol–water partition coefficient (Wildman–Crippen LogP) is 14.7. The van der Waals surface area contributed by atoms with Crippen molar-refractivity contribution >= 4 is 11.8 Å². The Morgan fingerprint density at radius 2 is 0.628 bits per heavy atom. The molecule has 0 atom stereocenters. The number of amides is 2. The number of ether oxygens (including phenoxy) is 8. The maximum atomic E-state index is 13.3. The first-order valence-electron chi connectivity index (χ1n) is 31.3. The summed E-state index contributed by atoms with van der Waals surface area (Å²) in [5.74, 6) is 3.54. The van der Waals surface area contributed by atoms with Crippen molar-refractivity contribution in [3.8, 4) is 28.7 Å². The smallest absolute Gasteiger partial charge is 0.261 e. The molecule has 0 aromatic heterocycles. The van der Waals surface area contributed by atoms with Crippen LogP contribution in [0.15, 0.2) is 84.9 Å². The van der Waals surface area contributed by atoms with Gasteiger partial charge in [0.1, 0.15) is 61.8 Å². The molecule has 0 saturated carbocycles. The van der Waals surface area contributed by atoms with Gasteiger partial charge in [0.25, 0.3) is 11.8 Å². The van der Waals surface area contributed by atoms with Gasteiger partial charge in [-0.25, -0.2) is 0 Å². The molecule has 2 amide bonds. The molecule has 4 heterocycles. The second kappa shape index (κ2) is 24.8. The van der Waals surface area contributed by atoms with Crippen LogP contribution in [-0.4, -0.2) is 95.9 Å². The molecule has 11 nitrogen and oxygen atoms in total. The van der Waals surface area contributed by atoms with Crippen molar-refractivity contribution in [2.75, 3.05) is 79.2 Å². The summed E-state index contributed by atoms with van der Waals surface area (Å²) in [6.45, 7) is 38.0. The summed E-state index contributed by atoms with van der Waals surface area (Å²) in [6, 6.07) is 30.5. The van der Waals surface area contributed by atoms with E-state index in [2.05, 4.69) is 165 Å². The molecule has 0 unspecified atom stereocenters. The Balaban J connectivity index is 1.23. The van der Waals surface area contributed by atoms with E-state index in [1.807, 2.05) is 0 Å². The van der Waals surface area contributed by atoms with Crippen LogP contribution in [0.1, 0.15) is 208 Å². The Kier molecular flexibility index (Phi) is 18.0. The second-order valence-electron chi connectivity index (χ2n) is 29.1. The minimum Gasteiger partial charge on any atom is -0.491 e. The number of carbonyl (C=O) groups is 2. The summed E-state index contributed by atoms with van der Waals surface area (Å²) in [4.78, 5) is 27.9. The first kappa shape index (κ1) is 62.4. The minimum atomic E-state index is -0.298. The van der Waals surface area contributed by atoms with Gasteiger partial charge in [0.05, 0.1) is 57.3 Å². The quantitative estimate of drug-likeness (QED) is 0.0869. The number of hydrogen-bond donors (Lipinski definition) is 0. The van der Waals surface area contributed by atoms with E-state index in [0.29, 0.717) is 96.1 Å². The van der Waals surface area contributed by atoms with Gasteiger partial charge in [-0.2, -0.15) is 0 Å². The van der Waals surface area contributed by atoms with Crippen LogP contribution in [0.4, 0.5) is 0 Å². The molecule has 11 heteroatoms. The molecule has 458 valence electrons. The first-order valence-corrected chi connectivity index (χ1v) is 31.3. The number of fused-ring (bicyclic) bond motifs is 7. The topological polar surface area (TPSA) is 111 Å². The third-order valence-electron chi connectivity index (χ3n) is 17.2. The second-order valence-corrected chi connectivity index (χ2v) is 29.1. The van der Waals surface area contributed by atoms with Crippen LogP contribution in [0.3, 0.4) is 0 Å². The van der Waals surface area contributed by atoms with Crippen molar-refractivity contribution in [3.05, 3.63) is 180 Å². The van der Waals surface area contributed by atoms with Crippen molar-refractivity contribution in [3.63, 3.8) is 0 Å².